The lowest BCUT2D eigenvalue weighted by Crippen LogP contribution is -2.00. The first kappa shape index (κ1) is 9.86. The summed E-state index contributed by atoms with van der Waals surface area (Å²) in [5.74, 6) is -0.0313. The van der Waals surface area contributed by atoms with Gasteiger partial charge in [0, 0.05) is 10.2 Å². The SMILES string of the molecule is Cc1nc(C)c(C(C=O)CBr)s1. The van der Waals surface area contributed by atoms with E-state index in [1.54, 1.807) is 11.3 Å². The average Bonchev–Trinajstić information content (AvgIpc) is 2.34. The second-order valence-electron chi connectivity index (χ2n) is 2.58. The van der Waals surface area contributed by atoms with Gasteiger partial charge in [0.05, 0.1) is 16.6 Å². The Kier molecular flexibility index (Phi) is 3.40. The molecule has 0 fully saturated rings. The number of alkyl halides is 1. The van der Waals surface area contributed by atoms with Crippen molar-refractivity contribution < 1.29 is 4.79 Å². The molecule has 12 heavy (non-hydrogen) atoms. The van der Waals surface area contributed by atoms with Crippen molar-refractivity contribution in [1.82, 2.24) is 4.98 Å². The molecule has 0 bridgehead atoms. The molecule has 1 heterocycles. The zero-order valence-corrected chi connectivity index (χ0v) is 9.41. The third kappa shape index (κ3) is 1.93. The number of hydrogen-bond donors (Lipinski definition) is 0. The monoisotopic (exact) mass is 247 g/mol. The van der Waals surface area contributed by atoms with Crippen molar-refractivity contribution in [3.8, 4) is 0 Å². The second-order valence-corrected chi connectivity index (χ2v) is 4.46. The van der Waals surface area contributed by atoms with Gasteiger partial charge in [0.1, 0.15) is 6.29 Å². The minimum absolute atomic E-state index is 0.0313. The first-order valence-electron chi connectivity index (χ1n) is 3.64. The van der Waals surface area contributed by atoms with Crippen LogP contribution in [0.25, 0.3) is 0 Å². The first-order chi connectivity index (χ1) is 5.69. The molecule has 1 unspecified atom stereocenters. The number of rotatable bonds is 3. The molecule has 0 saturated carbocycles. The zero-order chi connectivity index (χ0) is 9.14. The molecule has 0 aliphatic rings. The van der Waals surface area contributed by atoms with E-state index in [4.69, 9.17) is 0 Å². The molecule has 0 N–H and O–H groups in total. The van der Waals surface area contributed by atoms with Crippen LogP contribution in [0, 0.1) is 13.8 Å². The fourth-order valence-corrected chi connectivity index (χ4v) is 2.73. The maximum Gasteiger partial charge on any atom is 0.129 e. The molecule has 0 amide bonds. The Bertz CT molecular complexity index is 285. The molecule has 0 aliphatic carbocycles. The fraction of sp³-hybridized carbons (Fsp3) is 0.500. The van der Waals surface area contributed by atoms with Gasteiger partial charge in [-0.25, -0.2) is 4.98 Å². The van der Waals surface area contributed by atoms with Crippen LogP contribution >= 0.6 is 27.3 Å². The normalized spacial score (nSPS) is 12.9. The van der Waals surface area contributed by atoms with Crippen molar-refractivity contribution in [2.24, 2.45) is 0 Å². The van der Waals surface area contributed by atoms with Crippen LogP contribution in [-0.4, -0.2) is 16.6 Å². The van der Waals surface area contributed by atoms with E-state index in [1.165, 1.54) is 0 Å². The van der Waals surface area contributed by atoms with Crippen LogP contribution in [0.2, 0.25) is 0 Å². The third-order valence-corrected chi connectivity index (χ3v) is 3.51. The number of halogens is 1. The summed E-state index contributed by atoms with van der Waals surface area (Å²) in [5.41, 5.74) is 0.981. The third-order valence-electron chi connectivity index (χ3n) is 1.61. The van der Waals surface area contributed by atoms with E-state index in [0.717, 1.165) is 21.9 Å². The Morgan fingerprint density at radius 3 is 2.67 bits per heavy atom. The minimum atomic E-state index is -0.0313. The number of carbonyl (C=O) groups is 1. The van der Waals surface area contributed by atoms with Crippen LogP contribution in [0.5, 0.6) is 0 Å². The van der Waals surface area contributed by atoms with Gasteiger partial charge in [-0.05, 0) is 13.8 Å². The fourth-order valence-electron chi connectivity index (χ4n) is 1.06. The van der Waals surface area contributed by atoms with Gasteiger partial charge in [0.15, 0.2) is 0 Å². The van der Waals surface area contributed by atoms with Crippen molar-refractivity contribution >= 4 is 33.6 Å². The van der Waals surface area contributed by atoms with Crippen LogP contribution in [0.3, 0.4) is 0 Å². The summed E-state index contributed by atoms with van der Waals surface area (Å²) in [4.78, 5) is 16.0. The van der Waals surface area contributed by atoms with Gasteiger partial charge in [0.2, 0.25) is 0 Å². The van der Waals surface area contributed by atoms with E-state index < -0.39 is 0 Å². The van der Waals surface area contributed by atoms with Crippen molar-refractivity contribution in [1.29, 1.82) is 0 Å². The largest absolute Gasteiger partial charge is 0.303 e. The van der Waals surface area contributed by atoms with Gasteiger partial charge >= 0.3 is 0 Å². The number of aromatic nitrogens is 1. The van der Waals surface area contributed by atoms with Crippen LogP contribution < -0.4 is 0 Å². The van der Waals surface area contributed by atoms with Crippen LogP contribution in [0.15, 0.2) is 0 Å². The Balaban J connectivity index is 2.99. The molecule has 0 radical (unpaired) electrons. The van der Waals surface area contributed by atoms with Gasteiger partial charge < -0.3 is 4.79 Å². The molecule has 1 rings (SSSR count). The Morgan fingerprint density at radius 2 is 2.33 bits per heavy atom. The zero-order valence-electron chi connectivity index (χ0n) is 7.00. The van der Waals surface area contributed by atoms with Crippen LogP contribution in [0.4, 0.5) is 0 Å². The number of thiazole rings is 1. The lowest BCUT2D eigenvalue weighted by molar-refractivity contribution is -0.108. The van der Waals surface area contributed by atoms with E-state index in [2.05, 4.69) is 20.9 Å². The summed E-state index contributed by atoms with van der Waals surface area (Å²) >= 11 is 4.90. The van der Waals surface area contributed by atoms with Crippen molar-refractivity contribution in [2.75, 3.05) is 5.33 Å². The van der Waals surface area contributed by atoms with Gasteiger partial charge in [-0.15, -0.1) is 11.3 Å². The summed E-state index contributed by atoms with van der Waals surface area (Å²) < 4.78 is 0. The number of aldehydes is 1. The molecule has 66 valence electrons. The highest BCUT2D eigenvalue weighted by atomic mass is 79.9. The number of hydrogen-bond acceptors (Lipinski definition) is 3. The Morgan fingerprint density at radius 1 is 1.67 bits per heavy atom. The topological polar surface area (TPSA) is 30.0 Å². The highest BCUT2D eigenvalue weighted by molar-refractivity contribution is 9.09. The van der Waals surface area contributed by atoms with E-state index >= 15 is 0 Å². The Hall–Kier alpha value is -0.220. The van der Waals surface area contributed by atoms with Crippen molar-refractivity contribution in [2.45, 2.75) is 19.8 Å². The van der Waals surface area contributed by atoms with Gasteiger partial charge in [0.25, 0.3) is 0 Å². The van der Waals surface area contributed by atoms with Gasteiger partial charge in [-0.2, -0.15) is 0 Å². The second kappa shape index (κ2) is 4.14. The minimum Gasteiger partial charge on any atom is -0.303 e. The van der Waals surface area contributed by atoms with E-state index in [-0.39, 0.29) is 5.92 Å². The molecule has 2 nitrogen and oxygen atoms in total. The smallest absolute Gasteiger partial charge is 0.129 e. The number of carbonyl (C=O) groups excluding carboxylic acids is 1. The van der Waals surface area contributed by atoms with Crippen molar-refractivity contribution in [3.63, 3.8) is 0 Å². The molecule has 0 aromatic carbocycles. The first-order valence-corrected chi connectivity index (χ1v) is 5.58. The van der Waals surface area contributed by atoms with Gasteiger partial charge in [-0.1, -0.05) is 15.9 Å². The average molecular weight is 248 g/mol. The lowest BCUT2D eigenvalue weighted by Gasteiger charge is -2.02. The molecule has 0 saturated heterocycles. The Labute approximate surface area is 84.1 Å². The summed E-state index contributed by atoms with van der Waals surface area (Å²) in [6, 6.07) is 0. The molecule has 0 spiro atoms. The van der Waals surface area contributed by atoms with Gasteiger partial charge in [-0.3, -0.25) is 0 Å². The predicted octanol–water partition coefficient (Wildman–Crippen LogP) is 2.44. The lowest BCUT2D eigenvalue weighted by atomic mass is 10.1. The maximum atomic E-state index is 10.6. The molecule has 1 atom stereocenters. The predicted molar refractivity (Wildman–Crippen MR) is 54.2 cm³/mol. The van der Waals surface area contributed by atoms with E-state index in [0.29, 0.717) is 5.33 Å². The molecular weight excluding hydrogens is 238 g/mol. The van der Waals surface area contributed by atoms with E-state index in [9.17, 15) is 4.79 Å². The summed E-state index contributed by atoms with van der Waals surface area (Å²) in [6.07, 6.45) is 0.967. The number of nitrogens with zero attached hydrogens (tertiary/aromatic N) is 1. The highest BCUT2D eigenvalue weighted by Gasteiger charge is 2.14. The molecular formula is C8H10BrNOS. The maximum absolute atomic E-state index is 10.6. The quantitative estimate of drug-likeness (QED) is 0.607. The van der Waals surface area contributed by atoms with Crippen LogP contribution in [0.1, 0.15) is 21.5 Å². The van der Waals surface area contributed by atoms with E-state index in [1.807, 2.05) is 13.8 Å². The molecule has 4 heteroatoms. The summed E-state index contributed by atoms with van der Waals surface area (Å²) in [7, 11) is 0. The number of aryl methyl sites for hydroxylation is 2. The summed E-state index contributed by atoms with van der Waals surface area (Å²) in [5, 5.41) is 1.70. The van der Waals surface area contributed by atoms with Crippen LogP contribution in [-0.2, 0) is 4.79 Å². The molecule has 1 aromatic rings. The molecule has 0 aliphatic heterocycles. The standard InChI is InChI=1S/C8H10BrNOS/c1-5-8(7(3-9)4-11)12-6(2)10-5/h4,7H,3H2,1-2H3. The van der Waals surface area contributed by atoms with Crippen molar-refractivity contribution in [3.05, 3.63) is 15.6 Å². The highest BCUT2D eigenvalue weighted by Crippen LogP contribution is 2.26. The molecule has 1 aromatic heterocycles. The summed E-state index contributed by atoms with van der Waals surface area (Å²) in [6.45, 7) is 3.90.